The van der Waals surface area contributed by atoms with Gasteiger partial charge in [0.2, 0.25) is 0 Å². The Hall–Kier alpha value is -0.850. The quantitative estimate of drug-likeness (QED) is 0.143. The number of rotatable bonds is 21. The number of pyridine rings is 1. The molecule has 29 heavy (non-hydrogen) atoms. The van der Waals surface area contributed by atoms with Gasteiger partial charge in [0.25, 0.3) is 0 Å². The summed E-state index contributed by atoms with van der Waals surface area (Å²) in [5.74, 6) is 0. The van der Waals surface area contributed by atoms with Crippen LogP contribution in [0.5, 0.6) is 0 Å². The van der Waals surface area contributed by atoms with E-state index in [9.17, 15) is 0 Å². The second-order valence-electron chi connectivity index (χ2n) is 9.21. The van der Waals surface area contributed by atoms with Gasteiger partial charge < -0.3 is 0 Å². The van der Waals surface area contributed by atoms with Gasteiger partial charge in [0.15, 0.2) is 12.4 Å². The van der Waals surface area contributed by atoms with Gasteiger partial charge in [-0.05, 0) is 25.3 Å². The van der Waals surface area contributed by atoms with Crippen molar-refractivity contribution in [3.05, 3.63) is 30.1 Å². The number of hydrogen-bond acceptors (Lipinski definition) is 0. The Morgan fingerprint density at radius 2 is 1.00 bits per heavy atom. The molecule has 0 fully saturated rings. The van der Waals surface area contributed by atoms with Crippen LogP contribution in [0.1, 0.15) is 141 Å². The number of hydrogen-bond donors (Lipinski definition) is 0. The van der Waals surface area contributed by atoms with Crippen molar-refractivity contribution < 1.29 is 4.57 Å². The van der Waals surface area contributed by atoms with Crippen LogP contribution in [-0.4, -0.2) is 0 Å². The fraction of sp³-hybridized carbons (Fsp3) is 0.821. The molecular formula is C28H52N+. The van der Waals surface area contributed by atoms with Crippen LogP contribution in [0.4, 0.5) is 0 Å². The summed E-state index contributed by atoms with van der Waals surface area (Å²) >= 11 is 0. The Morgan fingerprint density at radius 1 is 0.552 bits per heavy atom. The number of nitrogens with zero attached hydrogens (tertiary/aromatic N) is 1. The highest BCUT2D eigenvalue weighted by Gasteiger charge is 2.03. The Bertz CT molecular complexity index is 453. The standard InChI is InChI=1S/C28H52N/c1-3-5-7-9-11-12-13-14-15-16-17-19-21-25-29-26-22-24-28(27-29)23-20-18-10-8-6-4-2/h22,24,26-27H,3-21,23,25H2,1-2H3/q+1. The van der Waals surface area contributed by atoms with Crippen LogP contribution in [0.15, 0.2) is 24.5 Å². The molecule has 1 nitrogen and oxygen atoms in total. The average molecular weight is 403 g/mol. The molecule has 0 aliphatic heterocycles. The van der Waals surface area contributed by atoms with Gasteiger partial charge in [-0.15, -0.1) is 0 Å². The SMILES string of the molecule is CCCCCCCCCCCCCCC[n+]1cccc(CCCCCCCC)c1. The molecule has 0 spiro atoms. The molecule has 0 saturated heterocycles. The molecule has 0 saturated carbocycles. The van der Waals surface area contributed by atoms with Gasteiger partial charge in [-0.1, -0.05) is 117 Å². The fourth-order valence-electron chi connectivity index (χ4n) is 4.28. The minimum Gasteiger partial charge on any atom is -0.205 e. The molecule has 1 aromatic heterocycles. The maximum atomic E-state index is 2.42. The molecule has 1 rings (SSSR count). The van der Waals surface area contributed by atoms with Crippen molar-refractivity contribution in [1.29, 1.82) is 0 Å². The highest BCUT2D eigenvalue weighted by molar-refractivity contribution is 5.05. The second kappa shape index (κ2) is 20.4. The Kier molecular flexibility index (Phi) is 18.4. The average Bonchev–Trinajstić information content (AvgIpc) is 2.74. The van der Waals surface area contributed by atoms with E-state index in [4.69, 9.17) is 0 Å². The molecule has 1 heteroatoms. The minimum absolute atomic E-state index is 1.20. The van der Waals surface area contributed by atoms with Crippen molar-refractivity contribution in [2.45, 2.75) is 149 Å². The van der Waals surface area contributed by atoms with Crippen molar-refractivity contribution in [3.63, 3.8) is 0 Å². The van der Waals surface area contributed by atoms with E-state index in [0.29, 0.717) is 0 Å². The van der Waals surface area contributed by atoms with Crippen LogP contribution in [0, 0.1) is 0 Å². The molecule has 0 N–H and O–H groups in total. The monoisotopic (exact) mass is 402 g/mol. The zero-order valence-corrected chi connectivity index (χ0v) is 20.1. The summed E-state index contributed by atoms with van der Waals surface area (Å²) in [5.41, 5.74) is 1.53. The van der Waals surface area contributed by atoms with Crippen LogP contribution in [-0.2, 0) is 13.0 Å². The van der Waals surface area contributed by atoms with Crippen molar-refractivity contribution in [2.24, 2.45) is 0 Å². The molecule has 0 aromatic carbocycles. The largest absolute Gasteiger partial charge is 0.205 e. The van der Waals surface area contributed by atoms with Gasteiger partial charge in [0.1, 0.15) is 6.54 Å². The van der Waals surface area contributed by atoms with Crippen LogP contribution in [0.2, 0.25) is 0 Å². The zero-order valence-electron chi connectivity index (χ0n) is 20.1. The van der Waals surface area contributed by atoms with Gasteiger partial charge in [0, 0.05) is 18.1 Å². The summed E-state index contributed by atoms with van der Waals surface area (Å²) in [6.45, 7) is 5.79. The van der Waals surface area contributed by atoms with E-state index < -0.39 is 0 Å². The third-order valence-corrected chi connectivity index (χ3v) is 6.26. The van der Waals surface area contributed by atoms with Crippen LogP contribution in [0.25, 0.3) is 0 Å². The third-order valence-electron chi connectivity index (χ3n) is 6.26. The molecule has 1 aromatic rings. The number of aryl methyl sites for hydroxylation is 2. The number of unbranched alkanes of at least 4 members (excludes halogenated alkanes) is 17. The van der Waals surface area contributed by atoms with E-state index in [1.165, 1.54) is 141 Å². The molecule has 1 heterocycles. The first kappa shape index (κ1) is 26.2. The lowest BCUT2D eigenvalue weighted by molar-refractivity contribution is -0.697. The Labute approximate surface area is 183 Å². The first-order chi connectivity index (χ1) is 14.4. The van der Waals surface area contributed by atoms with E-state index >= 15 is 0 Å². The van der Waals surface area contributed by atoms with Crippen molar-refractivity contribution in [1.82, 2.24) is 0 Å². The molecule has 0 aliphatic rings. The molecular weight excluding hydrogens is 350 g/mol. The van der Waals surface area contributed by atoms with Gasteiger partial charge in [-0.25, -0.2) is 4.57 Å². The van der Waals surface area contributed by atoms with E-state index in [0.717, 1.165) is 0 Å². The first-order valence-corrected chi connectivity index (χ1v) is 13.3. The van der Waals surface area contributed by atoms with Gasteiger partial charge in [0.05, 0.1) is 0 Å². The fourth-order valence-corrected chi connectivity index (χ4v) is 4.28. The molecule has 0 amide bonds. The van der Waals surface area contributed by atoms with Crippen molar-refractivity contribution in [3.8, 4) is 0 Å². The summed E-state index contributed by atoms with van der Waals surface area (Å²) in [4.78, 5) is 0. The van der Waals surface area contributed by atoms with Crippen LogP contribution < -0.4 is 4.57 Å². The third kappa shape index (κ3) is 16.6. The lowest BCUT2D eigenvalue weighted by Gasteiger charge is -2.03. The molecule has 168 valence electrons. The minimum atomic E-state index is 1.20. The Balaban J connectivity index is 1.94. The van der Waals surface area contributed by atoms with Gasteiger partial charge in [-0.2, -0.15) is 0 Å². The first-order valence-electron chi connectivity index (χ1n) is 13.3. The summed E-state index contributed by atoms with van der Waals surface area (Å²) in [7, 11) is 0. The van der Waals surface area contributed by atoms with Gasteiger partial charge >= 0.3 is 0 Å². The summed E-state index contributed by atoms with van der Waals surface area (Å²) < 4.78 is 2.42. The molecule has 0 atom stereocenters. The van der Waals surface area contributed by atoms with Crippen molar-refractivity contribution in [2.75, 3.05) is 0 Å². The van der Waals surface area contributed by atoms with E-state index in [2.05, 4.69) is 42.9 Å². The highest BCUT2D eigenvalue weighted by atomic mass is 14.9. The van der Waals surface area contributed by atoms with E-state index in [1.54, 1.807) is 0 Å². The van der Waals surface area contributed by atoms with Gasteiger partial charge in [-0.3, -0.25) is 0 Å². The summed E-state index contributed by atoms with van der Waals surface area (Å²) in [6, 6.07) is 4.56. The molecule has 0 radical (unpaired) electrons. The molecule has 0 aliphatic carbocycles. The van der Waals surface area contributed by atoms with Crippen LogP contribution in [0.3, 0.4) is 0 Å². The number of aromatic nitrogens is 1. The summed E-state index contributed by atoms with van der Waals surface area (Å²) in [5, 5.41) is 0. The van der Waals surface area contributed by atoms with Crippen LogP contribution >= 0.6 is 0 Å². The second-order valence-corrected chi connectivity index (χ2v) is 9.21. The lowest BCUT2D eigenvalue weighted by Crippen LogP contribution is -2.33. The smallest absolute Gasteiger partial charge is 0.171 e. The highest BCUT2D eigenvalue weighted by Crippen LogP contribution is 2.13. The Morgan fingerprint density at radius 3 is 1.52 bits per heavy atom. The lowest BCUT2D eigenvalue weighted by atomic mass is 10.0. The normalized spacial score (nSPS) is 11.2. The topological polar surface area (TPSA) is 3.88 Å². The predicted octanol–water partition coefficient (Wildman–Crippen LogP) is 8.97. The summed E-state index contributed by atoms with van der Waals surface area (Å²) in [6.07, 6.45) is 32.9. The van der Waals surface area contributed by atoms with E-state index in [-0.39, 0.29) is 0 Å². The zero-order chi connectivity index (χ0) is 20.8. The maximum absolute atomic E-state index is 2.42. The molecule has 0 unspecified atom stereocenters. The van der Waals surface area contributed by atoms with Crippen molar-refractivity contribution >= 4 is 0 Å². The predicted molar refractivity (Wildman–Crippen MR) is 129 cm³/mol. The maximum Gasteiger partial charge on any atom is 0.171 e. The molecule has 0 bridgehead atoms. The van der Waals surface area contributed by atoms with E-state index in [1.807, 2.05) is 0 Å².